The van der Waals surface area contributed by atoms with Crippen LogP contribution >= 0.6 is 11.6 Å². The molecular weight excluding hydrogens is 445 g/mol. The molecule has 0 radical (unpaired) electrons. The van der Waals surface area contributed by atoms with Crippen LogP contribution < -0.4 is 5.32 Å². The van der Waals surface area contributed by atoms with E-state index in [-0.39, 0.29) is 28.4 Å². The number of hydrogen-bond donors (Lipinski definition) is 1. The molecule has 2 aromatic carbocycles. The molecule has 0 saturated heterocycles. The molecule has 0 spiro atoms. The predicted octanol–water partition coefficient (Wildman–Crippen LogP) is 4.71. The Bertz CT molecular complexity index is 1200. The molecule has 0 unspecified atom stereocenters. The molecule has 6 nitrogen and oxygen atoms in total. The molecule has 1 aliphatic heterocycles. The van der Waals surface area contributed by atoms with Gasteiger partial charge in [-0.05, 0) is 23.8 Å². The maximum absolute atomic E-state index is 14.2. The number of esters is 1. The van der Waals surface area contributed by atoms with Crippen molar-refractivity contribution in [3.8, 4) is 11.1 Å². The number of amides is 1. The first-order valence-electron chi connectivity index (χ1n) is 10.6. The van der Waals surface area contributed by atoms with Crippen molar-refractivity contribution in [3.63, 3.8) is 0 Å². The first kappa shape index (κ1) is 22.9. The van der Waals surface area contributed by atoms with E-state index in [1.165, 1.54) is 13.0 Å². The predicted molar refractivity (Wildman–Crippen MR) is 125 cm³/mol. The molecular formula is C25H23ClFN3O3. The number of carbonyl (C=O) groups is 2. The van der Waals surface area contributed by atoms with E-state index in [9.17, 15) is 14.0 Å². The van der Waals surface area contributed by atoms with Crippen LogP contribution in [0.2, 0.25) is 5.02 Å². The normalized spacial score (nSPS) is 13.3. The minimum Gasteiger partial charge on any atom is -0.465 e. The first-order chi connectivity index (χ1) is 15.9. The zero-order valence-electron chi connectivity index (χ0n) is 18.1. The monoisotopic (exact) mass is 467 g/mol. The summed E-state index contributed by atoms with van der Waals surface area (Å²) in [6.07, 6.45) is 0.694. The number of halogens is 2. The maximum atomic E-state index is 14.2. The summed E-state index contributed by atoms with van der Waals surface area (Å²) in [5.41, 5.74) is 3.45. The molecule has 0 fully saturated rings. The lowest BCUT2D eigenvalue weighted by Crippen LogP contribution is -2.34. The van der Waals surface area contributed by atoms with Gasteiger partial charge in [0, 0.05) is 49.8 Å². The van der Waals surface area contributed by atoms with E-state index in [2.05, 4.69) is 15.2 Å². The van der Waals surface area contributed by atoms with Gasteiger partial charge in [-0.1, -0.05) is 48.0 Å². The molecule has 8 heteroatoms. The Morgan fingerprint density at radius 1 is 1.12 bits per heavy atom. The van der Waals surface area contributed by atoms with Crippen LogP contribution in [0.1, 0.15) is 28.7 Å². The van der Waals surface area contributed by atoms with Crippen LogP contribution in [0.5, 0.6) is 0 Å². The molecule has 0 aliphatic carbocycles. The number of pyridine rings is 1. The second-order valence-electron chi connectivity index (χ2n) is 7.77. The summed E-state index contributed by atoms with van der Waals surface area (Å²) in [5, 5.41) is 3.06. The smallest absolute Gasteiger partial charge is 0.302 e. The van der Waals surface area contributed by atoms with E-state index >= 15 is 0 Å². The minimum absolute atomic E-state index is 0.261. The molecule has 170 valence electrons. The Morgan fingerprint density at radius 3 is 2.70 bits per heavy atom. The number of benzene rings is 2. The number of anilines is 1. The summed E-state index contributed by atoms with van der Waals surface area (Å²) in [5.74, 6) is -1.06. The second kappa shape index (κ2) is 10.1. The molecule has 0 saturated carbocycles. The third-order valence-corrected chi connectivity index (χ3v) is 5.89. The average molecular weight is 468 g/mol. The van der Waals surface area contributed by atoms with Crippen LogP contribution in [-0.4, -0.2) is 41.5 Å². The van der Waals surface area contributed by atoms with Crippen molar-refractivity contribution in [1.82, 2.24) is 9.88 Å². The van der Waals surface area contributed by atoms with Crippen LogP contribution in [0, 0.1) is 5.82 Å². The van der Waals surface area contributed by atoms with Gasteiger partial charge in [0.05, 0.1) is 10.7 Å². The largest absolute Gasteiger partial charge is 0.465 e. The van der Waals surface area contributed by atoms with Crippen molar-refractivity contribution >= 4 is 29.2 Å². The van der Waals surface area contributed by atoms with Crippen molar-refractivity contribution in [2.45, 2.75) is 19.9 Å². The quantitative estimate of drug-likeness (QED) is 0.531. The van der Waals surface area contributed by atoms with E-state index < -0.39 is 0 Å². The summed E-state index contributed by atoms with van der Waals surface area (Å²) in [7, 11) is 0. The Kier molecular flexibility index (Phi) is 7.01. The SMILES string of the molecule is CC(=O)OCCN1CCc2nc(C(=O)Nc3cccc(-c4ccccc4F)c3Cl)ccc2C1. The van der Waals surface area contributed by atoms with Crippen molar-refractivity contribution in [3.05, 3.63) is 82.4 Å². The van der Waals surface area contributed by atoms with Crippen LogP contribution in [0.25, 0.3) is 11.1 Å². The van der Waals surface area contributed by atoms with Crippen molar-refractivity contribution < 1.29 is 18.7 Å². The number of nitrogens with zero attached hydrogens (tertiary/aromatic N) is 2. The summed E-state index contributed by atoms with van der Waals surface area (Å²) < 4.78 is 19.2. The summed E-state index contributed by atoms with van der Waals surface area (Å²) in [6.45, 7) is 3.85. The van der Waals surface area contributed by atoms with Crippen LogP contribution in [-0.2, 0) is 22.5 Å². The fourth-order valence-corrected chi connectivity index (χ4v) is 4.09. The van der Waals surface area contributed by atoms with Crippen molar-refractivity contribution in [2.24, 2.45) is 0 Å². The molecule has 2 heterocycles. The maximum Gasteiger partial charge on any atom is 0.302 e. The number of aromatic nitrogens is 1. The van der Waals surface area contributed by atoms with Gasteiger partial charge in [-0.25, -0.2) is 9.37 Å². The van der Waals surface area contributed by atoms with Crippen molar-refractivity contribution in [1.29, 1.82) is 0 Å². The number of fused-ring (bicyclic) bond motifs is 1. The molecule has 1 aliphatic rings. The highest BCUT2D eigenvalue weighted by atomic mass is 35.5. The van der Waals surface area contributed by atoms with Gasteiger partial charge < -0.3 is 10.1 Å². The van der Waals surface area contributed by atoms with Gasteiger partial charge in [-0.3, -0.25) is 14.5 Å². The van der Waals surface area contributed by atoms with E-state index in [0.29, 0.717) is 42.9 Å². The first-order valence-corrected chi connectivity index (χ1v) is 11.0. The van der Waals surface area contributed by atoms with Gasteiger partial charge in [0.15, 0.2) is 0 Å². The fraction of sp³-hybridized carbons (Fsp3) is 0.240. The Morgan fingerprint density at radius 2 is 1.91 bits per heavy atom. The zero-order chi connectivity index (χ0) is 23.4. The number of nitrogens with one attached hydrogen (secondary N) is 1. The number of carbonyl (C=O) groups excluding carboxylic acids is 2. The van der Waals surface area contributed by atoms with Gasteiger partial charge in [0.25, 0.3) is 5.91 Å². The van der Waals surface area contributed by atoms with E-state index in [0.717, 1.165) is 17.8 Å². The summed E-state index contributed by atoms with van der Waals surface area (Å²) in [6, 6.07) is 15.0. The highest BCUT2D eigenvalue weighted by molar-refractivity contribution is 6.36. The third-order valence-electron chi connectivity index (χ3n) is 5.48. The van der Waals surface area contributed by atoms with Gasteiger partial charge >= 0.3 is 5.97 Å². The van der Waals surface area contributed by atoms with E-state index in [1.807, 2.05) is 6.07 Å². The topological polar surface area (TPSA) is 71.5 Å². The molecule has 3 aromatic rings. The Hall–Kier alpha value is -3.29. The van der Waals surface area contributed by atoms with Gasteiger partial charge in [-0.15, -0.1) is 0 Å². The molecule has 1 amide bonds. The number of hydrogen-bond acceptors (Lipinski definition) is 5. The lowest BCUT2D eigenvalue weighted by Gasteiger charge is -2.28. The highest BCUT2D eigenvalue weighted by Crippen LogP contribution is 2.35. The van der Waals surface area contributed by atoms with Crippen molar-refractivity contribution in [2.75, 3.05) is 25.0 Å². The van der Waals surface area contributed by atoms with Gasteiger partial charge in [0.2, 0.25) is 0 Å². The van der Waals surface area contributed by atoms with Crippen LogP contribution in [0.15, 0.2) is 54.6 Å². The third kappa shape index (κ3) is 5.38. The Balaban J connectivity index is 1.47. The average Bonchev–Trinajstić information content (AvgIpc) is 2.80. The lowest BCUT2D eigenvalue weighted by atomic mass is 10.0. The zero-order valence-corrected chi connectivity index (χ0v) is 18.9. The lowest BCUT2D eigenvalue weighted by molar-refractivity contribution is -0.141. The van der Waals surface area contributed by atoms with E-state index in [4.69, 9.17) is 16.3 Å². The number of rotatable bonds is 6. The minimum atomic E-state index is -0.388. The molecule has 0 bridgehead atoms. The van der Waals surface area contributed by atoms with Crippen LogP contribution in [0.4, 0.5) is 10.1 Å². The standard InChI is InChI=1S/C25H23ClFN3O3/c1-16(31)33-14-13-30-12-11-21-17(15-30)9-10-23(28-21)25(32)29-22-8-4-6-19(24(22)26)18-5-2-3-7-20(18)27/h2-10H,11-15H2,1H3,(H,29,32). The second-order valence-corrected chi connectivity index (χ2v) is 8.15. The van der Waals surface area contributed by atoms with Crippen LogP contribution in [0.3, 0.4) is 0 Å². The molecule has 0 atom stereocenters. The van der Waals surface area contributed by atoms with E-state index in [1.54, 1.807) is 42.5 Å². The number of ether oxygens (including phenoxy) is 1. The molecule has 1 N–H and O–H groups in total. The Labute approximate surface area is 196 Å². The molecule has 33 heavy (non-hydrogen) atoms. The molecule has 1 aromatic heterocycles. The van der Waals surface area contributed by atoms with Gasteiger partial charge in [-0.2, -0.15) is 0 Å². The summed E-state index contributed by atoms with van der Waals surface area (Å²) >= 11 is 6.50. The molecule has 4 rings (SSSR count). The summed E-state index contributed by atoms with van der Waals surface area (Å²) in [4.78, 5) is 30.5. The fourth-order valence-electron chi connectivity index (χ4n) is 3.81. The van der Waals surface area contributed by atoms with Gasteiger partial charge in [0.1, 0.15) is 18.1 Å². The highest BCUT2D eigenvalue weighted by Gasteiger charge is 2.20.